The zero-order valence-electron chi connectivity index (χ0n) is 11.7. The van der Waals surface area contributed by atoms with Crippen LogP contribution in [0.1, 0.15) is 44.3 Å². The minimum atomic E-state index is -0.0428. The molecule has 5 heteroatoms. The van der Waals surface area contributed by atoms with Crippen LogP contribution in [-0.4, -0.2) is 33.7 Å². The molecule has 0 bridgehead atoms. The Morgan fingerprint density at radius 1 is 1.42 bits per heavy atom. The molecule has 1 saturated heterocycles. The number of carbonyl (C=O) groups is 1. The smallest absolute Gasteiger partial charge is 0.228 e. The first-order valence-electron chi connectivity index (χ1n) is 7.10. The number of hydrogen-bond donors (Lipinski definition) is 1. The number of carbonyl (C=O) groups excluding carboxylic acids is 1. The van der Waals surface area contributed by atoms with E-state index in [2.05, 4.69) is 12.0 Å². The molecule has 1 aromatic heterocycles. The number of hydrogen-bond acceptors (Lipinski definition) is 3. The van der Waals surface area contributed by atoms with Crippen molar-refractivity contribution in [2.45, 2.75) is 45.6 Å². The van der Waals surface area contributed by atoms with E-state index in [1.54, 1.807) is 6.20 Å². The summed E-state index contributed by atoms with van der Waals surface area (Å²) in [7, 11) is 0. The van der Waals surface area contributed by atoms with Crippen LogP contribution in [0.3, 0.4) is 0 Å². The third kappa shape index (κ3) is 2.11. The topological polar surface area (TPSA) is 64.2 Å². The molecule has 2 fully saturated rings. The van der Waals surface area contributed by atoms with Crippen LogP contribution in [0.25, 0.3) is 0 Å². The van der Waals surface area contributed by atoms with Gasteiger partial charge in [0.2, 0.25) is 5.91 Å². The van der Waals surface area contributed by atoms with Crippen molar-refractivity contribution in [3.05, 3.63) is 11.9 Å². The molecule has 2 heterocycles. The van der Waals surface area contributed by atoms with E-state index in [-0.39, 0.29) is 5.41 Å². The number of piperidine rings is 1. The summed E-state index contributed by atoms with van der Waals surface area (Å²) in [5.41, 5.74) is 7.59. The monoisotopic (exact) mass is 262 g/mol. The maximum Gasteiger partial charge on any atom is 0.228 e. The van der Waals surface area contributed by atoms with Gasteiger partial charge in [-0.2, -0.15) is 5.10 Å². The molecular formula is C14H22N4O. The third-order valence-corrected chi connectivity index (χ3v) is 4.70. The van der Waals surface area contributed by atoms with Crippen LogP contribution < -0.4 is 5.73 Å². The summed E-state index contributed by atoms with van der Waals surface area (Å²) < 4.78 is 2.02. The lowest BCUT2D eigenvalue weighted by Crippen LogP contribution is -2.42. The number of likely N-dealkylation sites (tertiary alicyclic amines) is 1. The first-order valence-corrected chi connectivity index (χ1v) is 7.10. The fourth-order valence-corrected chi connectivity index (χ4v) is 2.90. The molecular weight excluding hydrogens is 240 g/mol. The predicted octanol–water partition coefficient (Wildman–Crippen LogP) is 1.74. The summed E-state index contributed by atoms with van der Waals surface area (Å²) in [6, 6.07) is 0.383. The zero-order chi connectivity index (χ0) is 13.6. The Labute approximate surface area is 113 Å². The molecule has 1 aliphatic heterocycles. The SMILES string of the molecule is Cc1c(N)cnn1C1CCN(C(=O)C2(C)CC2)CC1. The summed E-state index contributed by atoms with van der Waals surface area (Å²) in [5.74, 6) is 0.350. The van der Waals surface area contributed by atoms with Crippen molar-refractivity contribution in [1.82, 2.24) is 14.7 Å². The van der Waals surface area contributed by atoms with E-state index in [9.17, 15) is 4.79 Å². The van der Waals surface area contributed by atoms with Crippen LogP contribution in [0.15, 0.2) is 6.20 Å². The van der Waals surface area contributed by atoms with Crippen molar-refractivity contribution in [2.75, 3.05) is 18.8 Å². The van der Waals surface area contributed by atoms with Crippen molar-refractivity contribution in [3.63, 3.8) is 0 Å². The van der Waals surface area contributed by atoms with Crippen LogP contribution in [0.4, 0.5) is 5.69 Å². The van der Waals surface area contributed by atoms with Gasteiger partial charge < -0.3 is 10.6 Å². The van der Waals surface area contributed by atoms with Gasteiger partial charge in [-0.3, -0.25) is 9.48 Å². The summed E-state index contributed by atoms with van der Waals surface area (Å²) >= 11 is 0. The standard InChI is InChI=1S/C14H22N4O/c1-10-12(15)9-16-18(10)11-3-7-17(8-4-11)13(19)14(2)5-6-14/h9,11H,3-8,15H2,1-2H3. The highest BCUT2D eigenvalue weighted by atomic mass is 16.2. The summed E-state index contributed by atoms with van der Waals surface area (Å²) in [6.45, 7) is 5.78. The Morgan fingerprint density at radius 3 is 2.53 bits per heavy atom. The molecule has 19 heavy (non-hydrogen) atoms. The Morgan fingerprint density at radius 2 is 2.05 bits per heavy atom. The van der Waals surface area contributed by atoms with Crippen LogP contribution in [0.2, 0.25) is 0 Å². The van der Waals surface area contributed by atoms with Crippen LogP contribution >= 0.6 is 0 Å². The third-order valence-electron chi connectivity index (χ3n) is 4.70. The number of anilines is 1. The number of rotatable bonds is 2. The van der Waals surface area contributed by atoms with Crippen molar-refractivity contribution < 1.29 is 4.79 Å². The maximum absolute atomic E-state index is 12.3. The molecule has 0 radical (unpaired) electrons. The van der Waals surface area contributed by atoms with Gasteiger partial charge in [-0.25, -0.2) is 0 Å². The fourth-order valence-electron chi connectivity index (χ4n) is 2.90. The normalized spacial score (nSPS) is 22.5. The van der Waals surface area contributed by atoms with Crippen molar-refractivity contribution in [3.8, 4) is 0 Å². The average Bonchev–Trinajstić information content (AvgIpc) is 3.09. The average molecular weight is 262 g/mol. The lowest BCUT2D eigenvalue weighted by atomic mass is 10.0. The molecule has 0 aromatic carbocycles. The van der Waals surface area contributed by atoms with Crippen molar-refractivity contribution in [1.29, 1.82) is 0 Å². The van der Waals surface area contributed by atoms with Crippen LogP contribution in [-0.2, 0) is 4.79 Å². The molecule has 3 rings (SSSR count). The second-order valence-electron chi connectivity index (χ2n) is 6.21. The van der Waals surface area contributed by atoms with Gasteiger partial charge in [0.25, 0.3) is 0 Å². The Kier molecular flexibility index (Phi) is 2.80. The largest absolute Gasteiger partial charge is 0.396 e. The highest BCUT2D eigenvalue weighted by molar-refractivity contribution is 5.84. The molecule has 2 N–H and O–H groups in total. The molecule has 2 aliphatic rings. The second-order valence-corrected chi connectivity index (χ2v) is 6.21. The van der Waals surface area contributed by atoms with Gasteiger partial charge in [-0.15, -0.1) is 0 Å². The predicted molar refractivity (Wildman–Crippen MR) is 73.6 cm³/mol. The molecule has 1 aliphatic carbocycles. The summed E-state index contributed by atoms with van der Waals surface area (Å²) in [5, 5.41) is 4.36. The van der Waals surface area contributed by atoms with E-state index < -0.39 is 0 Å². The van der Waals surface area contributed by atoms with E-state index in [0.29, 0.717) is 11.9 Å². The van der Waals surface area contributed by atoms with Crippen LogP contribution in [0.5, 0.6) is 0 Å². The van der Waals surface area contributed by atoms with E-state index in [1.807, 2.05) is 16.5 Å². The van der Waals surface area contributed by atoms with Gasteiger partial charge >= 0.3 is 0 Å². The molecule has 1 saturated carbocycles. The Bertz CT molecular complexity index is 496. The fraction of sp³-hybridized carbons (Fsp3) is 0.714. The molecule has 0 unspecified atom stereocenters. The molecule has 104 valence electrons. The van der Waals surface area contributed by atoms with Gasteiger partial charge in [0.05, 0.1) is 23.6 Å². The van der Waals surface area contributed by atoms with Crippen molar-refractivity contribution >= 4 is 11.6 Å². The first-order chi connectivity index (χ1) is 9.01. The quantitative estimate of drug-likeness (QED) is 0.883. The number of nitrogen functional groups attached to an aromatic ring is 1. The lowest BCUT2D eigenvalue weighted by Gasteiger charge is -2.34. The van der Waals surface area contributed by atoms with Gasteiger partial charge in [0.1, 0.15) is 0 Å². The summed E-state index contributed by atoms with van der Waals surface area (Å²) in [4.78, 5) is 14.3. The van der Waals surface area contributed by atoms with Gasteiger partial charge in [-0.1, -0.05) is 6.92 Å². The highest BCUT2D eigenvalue weighted by Gasteiger charge is 2.47. The number of nitrogens with two attached hydrogens (primary N) is 1. The van der Waals surface area contributed by atoms with Gasteiger partial charge in [-0.05, 0) is 32.6 Å². The molecule has 1 amide bonds. The van der Waals surface area contributed by atoms with E-state index >= 15 is 0 Å². The number of nitrogens with zero attached hydrogens (tertiary/aromatic N) is 3. The lowest BCUT2D eigenvalue weighted by molar-refractivity contribution is -0.137. The molecule has 1 aromatic rings. The Hall–Kier alpha value is -1.52. The van der Waals surface area contributed by atoms with E-state index in [1.165, 1.54) is 0 Å². The van der Waals surface area contributed by atoms with Crippen molar-refractivity contribution in [2.24, 2.45) is 5.41 Å². The molecule has 5 nitrogen and oxygen atoms in total. The molecule has 0 spiro atoms. The zero-order valence-corrected chi connectivity index (χ0v) is 11.7. The maximum atomic E-state index is 12.3. The number of aromatic nitrogens is 2. The summed E-state index contributed by atoms with van der Waals surface area (Å²) in [6.07, 6.45) is 5.78. The minimum Gasteiger partial charge on any atom is -0.396 e. The van der Waals surface area contributed by atoms with Gasteiger partial charge in [0.15, 0.2) is 0 Å². The minimum absolute atomic E-state index is 0.0428. The highest BCUT2D eigenvalue weighted by Crippen LogP contribution is 2.47. The second kappa shape index (κ2) is 4.25. The van der Waals surface area contributed by atoms with E-state index in [4.69, 9.17) is 5.73 Å². The van der Waals surface area contributed by atoms with Gasteiger partial charge in [0, 0.05) is 18.5 Å². The molecule has 0 atom stereocenters. The van der Waals surface area contributed by atoms with Crippen LogP contribution in [0, 0.1) is 12.3 Å². The first kappa shape index (κ1) is 12.5. The number of amides is 1. The Balaban J connectivity index is 1.63. The van der Waals surface area contributed by atoms with E-state index in [0.717, 1.165) is 50.2 Å².